The summed E-state index contributed by atoms with van der Waals surface area (Å²) in [4.78, 5) is 18.2. The van der Waals surface area contributed by atoms with Gasteiger partial charge in [0.1, 0.15) is 0 Å². The Hall–Kier alpha value is -0.910. The minimum absolute atomic E-state index is 0.0276. The number of aliphatic imine (C=N–C) groups is 1. The van der Waals surface area contributed by atoms with Crippen LogP contribution in [-0.4, -0.2) is 61.0 Å². The average Bonchev–Trinajstić information content (AvgIpc) is 2.46. The second-order valence-corrected chi connectivity index (χ2v) is 6.70. The molecule has 6 heteroatoms. The Balaban J connectivity index is 2.44. The molecule has 1 fully saturated rings. The lowest BCUT2D eigenvalue weighted by Crippen LogP contribution is -2.50. The zero-order chi connectivity index (χ0) is 15.0. The first-order valence-electron chi connectivity index (χ1n) is 7.42. The smallest absolute Gasteiger partial charge is 0.239 e. The fraction of sp³-hybridized carbons (Fsp3) is 0.857. The number of hydrogen-bond acceptors (Lipinski definition) is 3. The summed E-state index contributed by atoms with van der Waals surface area (Å²) >= 11 is 2.03. The summed E-state index contributed by atoms with van der Waals surface area (Å²) in [6, 6.07) is 0. The van der Waals surface area contributed by atoms with Crippen LogP contribution in [0.15, 0.2) is 4.99 Å². The molecular weight excluding hydrogens is 272 g/mol. The van der Waals surface area contributed by atoms with E-state index in [1.165, 1.54) is 0 Å². The number of guanidine groups is 1. The molecule has 1 aliphatic rings. The molecular formula is C14H28N4OS. The molecule has 1 aliphatic heterocycles. The molecule has 1 rings (SSSR count). The number of nitrogens with one attached hydrogen (secondary N) is 2. The first kappa shape index (κ1) is 17.1. The van der Waals surface area contributed by atoms with Gasteiger partial charge in [0, 0.05) is 37.7 Å². The van der Waals surface area contributed by atoms with Crippen molar-refractivity contribution in [1.82, 2.24) is 15.5 Å². The fourth-order valence-electron chi connectivity index (χ4n) is 2.09. The maximum atomic E-state index is 11.6. The van der Waals surface area contributed by atoms with Crippen LogP contribution < -0.4 is 10.6 Å². The normalized spacial score (nSPS) is 20.1. The third kappa shape index (κ3) is 5.61. The lowest BCUT2D eigenvalue weighted by atomic mass is 10.1. The van der Waals surface area contributed by atoms with Crippen LogP contribution >= 0.6 is 11.8 Å². The van der Waals surface area contributed by atoms with Crippen LogP contribution in [0.4, 0.5) is 0 Å². The van der Waals surface area contributed by atoms with Gasteiger partial charge in [-0.25, -0.2) is 0 Å². The number of hydrogen-bond donors (Lipinski definition) is 2. The van der Waals surface area contributed by atoms with Gasteiger partial charge < -0.3 is 15.5 Å². The van der Waals surface area contributed by atoms with Gasteiger partial charge >= 0.3 is 0 Å². The molecule has 0 radical (unpaired) electrons. The van der Waals surface area contributed by atoms with Gasteiger partial charge in [0.15, 0.2) is 5.96 Å². The summed E-state index contributed by atoms with van der Waals surface area (Å²) in [5.74, 6) is 2.64. The number of thioether (sulfide) groups is 1. The summed E-state index contributed by atoms with van der Waals surface area (Å²) in [5.41, 5.74) is 0. The third-order valence-electron chi connectivity index (χ3n) is 3.33. The predicted molar refractivity (Wildman–Crippen MR) is 87.3 cm³/mol. The van der Waals surface area contributed by atoms with Gasteiger partial charge in [-0.05, 0) is 12.3 Å². The average molecular weight is 300 g/mol. The van der Waals surface area contributed by atoms with E-state index in [1.807, 2.05) is 18.7 Å². The van der Waals surface area contributed by atoms with Gasteiger partial charge in [0.2, 0.25) is 5.91 Å². The van der Waals surface area contributed by atoms with Crippen molar-refractivity contribution in [3.63, 3.8) is 0 Å². The Morgan fingerprint density at radius 1 is 1.45 bits per heavy atom. The molecule has 0 aliphatic carbocycles. The van der Waals surface area contributed by atoms with Crippen molar-refractivity contribution >= 4 is 23.6 Å². The first-order chi connectivity index (χ1) is 9.58. The van der Waals surface area contributed by atoms with Crippen molar-refractivity contribution in [1.29, 1.82) is 0 Å². The molecule has 0 bridgehead atoms. The van der Waals surface area contributed by atoms with Gasteiger partial charge in [0.05, 0.1) is 6.54 Å². The van der Waals surface area contributed by atoms with Crippen molar-refractivity contribution in [2.45, 2.75) is 32.4 Å². The summed E-state index contributed by atoms with van der Waals surface area (Å²) in [7, 11) is 1.78. The third-order valence-corrected chi connectivity index (χ3v) is 4.87. The van der Waals surface area contributed by atoms with E-state index in [9.17, 15) is 4.79 Å². The van der Waals surface area contributed by atoms with Crippen LogP contribution in [0.25, 0.3) is 0 Å². The van der Waals surface area contributed by atoms with Crippen LogP contribution in [0.1, 0.15) is 27.2 Å². The van der Waals surface area contributed by atoms with Gasteiger partial charge in [-0.1, -0.05) is 20.8 Å². The number of nitrogens with zero attached hydrogens (tertiary/aromatic N) is 2. The molecule has 1 amide bonds. The molecule has 0 saturated carbocycles. The van der Waals surface area contributed by atoms with E-state index in [-0.39, 0.29) is 5.91 Å². The number of amides is 1. The molecule has 1 atom stereocenters. The highest BCUT2D eigenvalue weighted by molar-refractivity contribution is 8.00. The molecule has 0 aromatic carbocycles. The first-order valence-corrected chi connectivity index (χ1v) is 8.47. The minimum Gasteiger partial charge on any atom is -0.355 e. The van der Waals surface area contributed by atoms with Gasteiger partial charge in [0.25, 0.3) is 0 Å². The molecule has 1 heterocycles. The van der Waals surface area contributed by atoms with Gasteiger partial charge in [-0.3, -0.25) is 9.79 Å². The molecule has 5 nitrogen and oxygen atoms in total. The van der Waals surface area contributed by atoms with E-state index in [1.54, 1.807) is 7.05 Å². The maximum absolute atomic E-state index is 11.6. The van der Waals surface area contributed by atoms with Gasteiger partial charge in [-0.2, -0.15) is 11.8 Å². The minimum atomic E-state index is 0.0276. The quantitative estimate of drug-likeness (QED) is 0.591. The van der Waals surface area contributed by atoms with Crippen LogP contribution in [-0.2, 0) is 4.79 Å². The van der Waals surface area contributed by atoms with Crippen LogP contribution in [0, 0.1) is 5.92 Å². The Kier molecular flexibility index (Phi) is 7.80. The van der Waals surface area contributed by atoms with Crippen molar-refractivity contribution in [2.24, 2.45) is 10.9 Å². The lowest BCUT2D eigenvalue weighted by Gasteiger charge is -2.36. The Morgan fingerprint density at radius 3 is 2.80 bits per heavy atom. The largest absolute Gasteiger partial charge is 0.355 e. The molecule has 1 saturated heterocycles. The molecule has 0 spiro atoms. The van der Waals surface area contributed by atoms with Crippen molar-refractivity contribution in [2.75, 3.05) is 39.0 Å². The van der Waals surface area contributed by atoms with Crippen molar-refractivity contribution < 1.29 is 4.79 Å². The summed E-state index contributed by atoms with van der Waals surface area (Å²) in [6.45, 7) is 9.58. The molecule has 2 N–H and O–H groups in total. The standard InChI is InChI=1S/C14H28N4OS/c1-5-6-16-13(19)9-17-14(15-4)18-7-8-20-12(10-18)11(2)3/h11-12H,5-10H2,1-4H3,(H,15,17)(H,16,19). The fourth-order valence-corrected chi connectivity index (χ4v) is 3.39. The molecule has 20 heavy (non-hydrogen) atoms. The van der Waals surface area contributed by atoms with E-state index in [0.29, 0.717) is 17.7 Å². The number of carbonyl (C=O) groups is 1. The second-order valence-electron chi connectivity index (χ2n) is 5.35. The Labute approximate surface area is 127 Å². The molecule has 1 unspecified atom stereocenters. The lowest BCUT2D eigenvalue weighted by molar-refractivity contribution is -0.120. The summed E-state index contributed by atoms with van der Waals surface area (Å²) < 4.78 is 0. The highest BCUT2D eigenvalue weighted by Gasteiger charge is 2.24. The van der Waals surface area contributed by atoms with E-state index in [2.05, 4.69) is 34.4 Å². The Bertz CT molecular complexity index is 333. The maximum Gasteiger partial charge on any atom is 0.239 e. The van der Waals surface area contributed by atoms with Crippen LogP contribution in [0.5, 0.6) is 0 Å². The molecule has 116 valence electrons. The van der Waals surface area contributed by atoms with Crippen molar-refractivity contribution in [3.8, 4) is 0 Å². The van der Waals surface area contributed by atoms with E-state index in [4.69, 9.17) is 0 Å². The van der Waals surface area contributed by atoms with E-state index < -0.39 is 0 Å². The number of carbonyl (C=O) groups excluding carboxylic acids is 1. The summed E-state index contributed by atoms with van der Waals surface area (Å²) in [5, 5.41) is 6.66. The highest BCUT2D eigenvalue weighted by Crippen LogP contribution is 2.24. The SMILES string of the molecule is CCCNC(=O)CNC(=NC)N1CCSC(C(C)C)C1. The topological polar surface area (TPSA) is 56.7 Å². The second kappa shape index (κ2) is 9.10. The predicted octanol–water partition coefficient (Wildman–Crippen LogP) is 1.16. The van der Waals surface area contributed by atoms with Crippen LogP contribution in [0.3, 0.4) is 0 Å². The van der Waals surface area contributed by atoms with Crippen molar-refractivity contribution in [3.05, 3.63) is 0 Å². The number of rotatable bonds is 5. The van der Waals surface area contributed by atoms with E-state index >= 15 is 0 Å². The Morgan fingerprint density at radius 2 is 2.20 bits per heavy atom. The zero-order valence-electron chi connectivity index (χ0n) is 13.1. The van der Waals surface area contributed by atoms with Crippen LogP contribution in [0.2, 0.25) is 0 Å². The van der Waals surface area contributed by atoms with E-state index in [0.717, 1.165) is 37.8 Å². The molecule has 0 aromatic heterocycles. The monoisotopic (exact) mass is 300 g/mol. The summed E-state index contributed by atoms with van der Waals surface area (Å²) in [6.07, 6.45) is 0.958. The zero-order valence-corrected chi connectivity index (χ0v) is 13.9. The highest BCUT2D eigenvalue weighted by atomic mass is 32.2. The van der Waals surface area contributed by atoms with Gasteiger partial charge in [-0.15, -0.1) is 0 Å². The molecule has 0 aromatic rings.